The summed E-state index contributed by atoms with van der Waals surface area (Å²) in [6.45, 7) is 2.01. The fourth-order valence-electron chi connectivity index (χ4n) is 4.88. The average molecular weight is 555 g/mol. The molecule has 0 bridgehead atoms. The molecule has 204 valence electrons. The first-order valence-electron chi connectivity index (χ1n) is 12.4. The molecular formula is C28H28F6N2OS. The van der Waals surface area contributed by atoms with Crippen LogP contribution in [0.3, 0.4) is 0 Å². The van der Waals surface area contributed by atoms with Crippen LogP contribution >= 0.6 is 11.3 Å². The van der Waals surface area contributed by atoms with Crippen molar-refractivity contribution in [3.8, 4) is 0 Å². The smallest absolute Gasteiger partial charge is 0.351 e. The van der Waals surface area contributed by atoms with E-state index in [-0.39, 0.29) is 11.6 Å². The number of nitrogens with zero attached hydrogens (tertiary/aromatic N) is 1. The Hall–Kier alpha value is -2.85. The summed E-state index contributed by atoms with van der Waals surface area (Å²) in [5.74, 6) is -0.480. The number of hydrogen-bond donors (Lipinski definition) is 1. The molecule has 1 aliphatic heterocycles. The average Bonchev–Trinajstić information content (AvgIpc) is 3.42. The molecule has 10 heteroatoms. The highest BCUT2D eigenvalue weighted by molar-refractivity contribution is 7.08. The summed E-state index contributed by atoms with van der Waals surface area (Å²) in [6.07, 6.45) is -7.36. The monoisotopic (exact) mass is 554 g/mol. The van der Waals surface area contributed by atoms with Crippen molar-refractivity contribution >= 4 is 17.2 Å². The van der Waals surface area contributed by atoms with Gasteiger partial charge in [-0.2, -0.15) is 37.7 Å². The maximum atomic E-state index is 13.2. The number of nitrogens with one attached hydrogen (secondary N) is 1. The van der Waals surface area contributed by atoms with Crippen LogP contribution in [0, 0.1) is 0 Å². The van der Waals surface area contributed by atoms with Crippen molar-refractivity contribution in [3.63, 3.8) is 0 Å². The molecule has 2 aromatic carbocycles. The maximum Gasteiger partial charge on any atom is 0.416 e. The van der Waals surface area contributed by atoms with Crippen LogP contribution in [0.25, 0.3) is 0 Å². The minimum absolute atomic E-state index is 0.0838. The topological polar surface area (TPSA) is 32.3 Å². The van der Waals surface area contributed by atoms with Crippen LogP contribution in [0.2, 0.25) is 0 Å². The molecular weight excluding hydrogens is 526 g/mol. The number of piperidine rings is 1. The SMILES string of the molecule is O=C(NCc1cc(C(F)(F)F)cc(C(F)(F)F)c1)C(CCN1CCC(c2ccccc2)CC1)c1ccsc1. The standard InChI is InChI=1S/C28H28F6N2OS/c29-27(30,31)23-14-19(15-24(16-23)28(32,33)34)17-35-26(37)25(22-9-13-38-18-22)8-12-36-10-6-21(7-11-36)20-4-2-1-3-5-20/h1-5,9,13-16,18,21,25H,6-8,10-12,17H2,(H,35,37). The number of carbonyl (C=O) groups excluding carboxylic acids is 1. The molecule has 0 aliphatic carbocycles. The largest absolute Gasteiger partial charge is 0.416 e. The zero-order valence-electron chi connectivity index (χ0n) is 20.5. The van der Waals surface area contributed by atoms with E-state index in [0.717, 1.165) is 31.5 Å². The van der Waals surface area contributed by atoms with Crippen LogP contribution in [-0.2, 0) is 23.7 Å². The zero-order chi connectivity index (χ0) is 27.3. The lowest BCUT2D eigenvalue weighted by atomic mass is 9.89. The van der Waals surface area contributed by atoms with Gasteiger partial charge in [0, 0.05) is 6.54 Å². The molecule has 1 N–H and O–H groups in total. The molecule has 38 heavy (non-hydrogen) atoms. The summed E-state index contributed by atoms with van der Waals surface area (Å²) < 4.78 is 79.1. The van der Waals surface area contributed by atoms with E-state index in [1.54, 1.807) is 0 Å². The van der Waals surface area contributed by atoms with Gasteiger partial charge in [0.05, 0.1) is 17.0 Å². The highest BCUT2D eigenvalue weighted by Gasteiger charge is 2.37. The van der Waals surface area contributed by atoms with Gasteiger partial charge in [-0.1, -0.05) is 30.3 Å². The Labute approximate surface area is 221 Å². The van der Waals surface area contributed by atoms with Gasteiger partial charge in [-0.15, -0.1) is 0 Å². The van der Waals surface area contributed by atoms with Crippen LogP contribution in [0.1, 0.15) is 58.9 Å². The van der Waals surface area contributed by atoms with Gasteiger partial charge in [-0.05, 0) is 96.5 Å². The van der Waals surface area contributed by atoms with E-state index in [1.807, 2.05) is 35.0 Å². The van der Waals surface area contributed by atoms with Crippen molar-refractivity contribution in [1.82, 2.24) is 10.2 Å². The van der Waals surface area contributed by atoms with Crippen molar-refractivity contribution in [3.05, 3.63) is 93.2 Å². The number of rotatable bonds is 8. The fraction of sp³-hybridized carbons (Fsp3) is 0.393. The number of thiophene rings is 1. The normalized spacial score (nSPS) is 16.4. The molecule has 1 atom stereocenters. The van der Waals surface area contributed by atoms with Crippen molar-refractivity contribution in [2.24, 2.45) is 0 Å². The molecule has 1 amide bonds. The Morgan fingerprint density at radius 1 is 0.947 bits per heavy atom. The molecule has 1 unspecified atom stereocenters. The molecule has 0 saturated carbocycles. The van der Waals surface area contributed by atoms with E-state index in [1.165, 1.54) is 16.9 Å². The summed E-state index contributed by atoms with van der Waals surface area (Å²) in [5, 5.41) is 6.26. The fourth-order valence-corrected chi connectivity index (χ4v) is 5.60. The van der Waals surface area contributed by atoms with Crippen LogP contribution in [0.5, 0.6) is 0 Å². The summed E-state index contributed by atoms with van der Waals surface area (Å²) >= 11 is 1.42. The van der Waals surface area contributed by atoms with Gasteiger partial charge >= 0.3 is 12.4 Å². The minimum Gasteiger partial charge on any atom is -0.351 e. The molecule has 3 nitrogen and oxygen atoms in total. The van der Waals surface area contributed by atoms with Gasteiger partial charge in [0.2, 0.25) is 5.91 Å². The molecule has 4 rings (SSSR count). The first-order chi connectivity index (χ1) is 18.0. The van der Waals surface area contributed by atoms with E-state index < -0.39 is 41.8 Å². The number of alkyl halides is 6. The van der Waals surface area contributed by atoms with Crippen molar-refractivity contribution < 1.29 is 31.1 Å². The zero-order valence-corrected chi connectivity index (χ0v) is 21.3. The van der Waals surface area contributed by atoms with Gasteiger partial charge in [0.15, 0.2) is 0 Å². The van der Waals surface area contributed by atoms with Gasteiger partial charge < -0.3 is 10.2 Å². The predicted octanol–water partition coefficient (Wildman–Crippen LogP) is 7.46. The van der Waals surface area contributed by atoms with Crippen LogP contribution < -0.4 is 5.32 Å². The number of benzene rings is 2. The Morgan fingerprint density at radius 3 is 2.13 bits per heavy atom. The molecule has 1 aromatic heterocycles. The third-order valence-electron chi connectivity index (χ3n) is 6.97. The Bertz CT molecular complexity index is 1150. The van der Waals surface area contributed by atoms with E-state index in [2.05, 4.69) is 22.3 Å². The molecule has 0 radical (unpaired) electrons. The molecule has 1 aliphatic rings. The van der Waals surface area contributed by atoms with Gasteiger partial charge in [0.1, 0.15) is 0 Å². The van der Waals surface area contributed by atoms with Crippen molar-refractivity contribution in [2.75, 3.05) is 19.6 Å². The molecule has 2 heterocycles. The number of carbonyl (C=O) groups is 1. The van der Waals surface area contributed by atoms with Gasteiger partial charge in [-0.25, -0.2) is 0 Å². The first kappa shape index (κ1) is 28.2. The summed E-state index contributed by atoms with van der Waals surface area (Å²) in [4.78, 5) is 15.4. The van der Waals surface area contributed by atoms with Crippen molar-refractivity contribution in [1.29, 1.82) is 0 Å². The molecule has 3 aromatic rings. The Morgan fingerprint density at radius 2 is 1.58 bits per heavy atom. The lowest BCUT2D eigenvalue weighted by Crippen LogP contribution is -2.36. The number of halogens is 6. The second kappa shape index (κ2) is 11.9. The maximum absolute atomic E-state index is 13.2. The third kappa shape index (κ3) is 7.38. The summed E-state index contributed by atoms with van der Waals surface area (Å²) in [7, 11) is 0. The van der Waals surface area contributed by atoms with Crippen LogP contribution in [0.15, 0.2) is 65.4 Å². The molecule has 1 saturated heterocycles. The van der Waals surface area contributed by atoms with Crippen LogP contribution in [0.4, 0.5) is 26.3 Å². The van der Waals surface area contributed by atoms with Crippen LogP contribution in [-0.4, -0.2) is 30.4 Å². The Balaban J connectivity index is 1.39. The quantitative estimate of drug-likeness (QED) is 0.293. The lowest BCUT2D eigenvalue weighted by Gasteiger charge is -2.33. The molecule has 0 spiro atoms. The minimum atomic E-state index is -4.94. The van der Waals surface area contributed by atoms with Gasteiger partial charge in [0.25, 0.3) is 0 Å². The number of likely N-dealkylation sites (tertiary alicyclic amines) is 1. The highest BCUT2D eigenvalue weighted by atomic mass is 32.1. The Kier molecular flexibility index (Phi) is 8.82. The third-order valence-corrected chi connectivity index (χ3v) is 7.67. The van der Waals surface area contributed by atoms with E-state index >= 15 is 0 Å². The van der Waals surface area contributed by atoms with Gasteiger partial charge in [-0.3, -0.25) is 4.79 Å². The number of hydrogen-bond acceptors (Lipinski definition) is 3. The number of amides is 1. The lowest BCUT2D eigenvalue weighted by molar-refractivity contribution is -0.143. The van der Waals surface area contributed by atoms with Crippen molar-refractivity contribution in [2.45, 2.75) is 50.0 Å². The summed E-state index contributed by atoms with van der Waals surface area (Å²) in [6, 6.07) is 13.5. The highest BCUT2D eigenvalue weighted by Crippen LogP contribution is 2.36. The first-order valence-corrected chi connectivity index (χ1v) is 13.3. The van der Waals surface area contributed by atoms with E-state index in [4.69, 9.17) is 0 Å². The second-order valence-corrected chi connectivity index (χ2v) is 10.3. The van der Waals surface area contributed by atoms with E-state index in [0.29, 0.717) is 31.0 Å². The molecule has 1 fully saturated rings. The second-order valence-electron chi connectivity index (χ2n) is 9.56. The summed E-state index contributed by atoms with van der Waals surface area (Å²) in [5.41, 5.74) is -0.945. The predicted molar refractivity (Wildman–Crippen MR) is 135 cm³/mol. The van der Waals surface area contributed by atoms with E-state index in [9.17, 15) is 31.1 Å².